The third-order valence-electron chi connectivity index (χ3n) is 3.25. The number of carbonyl (C=O) groups is 1. The number of ether oxygens (including phenoxy) is 1. The van der Waals surface area contributed by atoms with Crippen molar-refractivity contribution in [2.75, 3.05) is 7.11 Å². The Morgan fingerprint density at radius 1 is 1.25 bits per heavy atom. The van der Waals surface area contributed by atoms with Crippen LogP contribution < -0.4 is 4.74 Å². The average molecular weight is 266 g/mol. The van der Waals surface area contributed by atoms with Gasteiger partial charge in [0.15, 0.2) is 6.29 Å². The van der Waals surface area contributed by atoms with Crippen LogP contribution in [0.15, 0.2) is 42.6 Å². The Balaban J connectivity index is 2.29. The number of aryl methyl sites for hydroxylation is 1. The smallest absolute Gasteiger partial charge is 0.170 e. The van der Waals surface area contributed by atoms with Crippen molar-refractivity contribution < 1.29 is 9.53 Å². The van der Waals surface area contributed by atoms with Crippen LogP contribution >= 0.6 is 0 Å². The number of hydrogen-bond acceptors (Lipinski definition) is 3. The number of hydrogen-bond donors (Lipinski definition) is 0. The van der Waals surface area contributed by atoms with Gasteiger partial charge >= 0.3 is 0 Å². The fourth-order valence-corrected chi connectivity index (χ4v) is 2.27. The highest BCUT2D eigenvalue weighted by molar-refractivity contribution is 5.86. The first-order valence-electron chi connectivity index (χ1n) is 6.31. The first kappa shape index (κ1) is 12.4. The van der Waals surface area contributed by atoms with E-state index in [0.717, 1.165) is 34.5 Å². The zero-order valence-corrected chi connectivity index (χ0v) is 11.3. The number of fused-ring (bicyclic) bond motifs is 1. The molecule has 0 saturated heterocycles. The predicted molar refractivity (Wildman–Crippen MR) is 77.3 cm³/mol. The van der Waals surface area contributed by atoms with Crippen molar-refractivity contribution in [3.8, 4) is 17.1 Å². The Bertz CT molecular complexity index is 790. The van der Waals surface area contributed by atoms with Crippen LogP contribution in [0.25, 0.3) is 16.9 Å². The zero-order valence-electron chi connectivity index (χ0n) is 11.3. The van der Waals surface area contributed by atoms with Crippen LogP contribution in [0.2, 0.25) is 0 Å². The van der Waals surface area contributed by atoms with E-state index in [2.05, 4.69) is 4.98 Å². The lowest BCUT2D eigenvalue weighted by atomic mass is 10.2. The van der Waals surface area contributed by atoms with Gasteiger partial charge in [-0.2, -0.15) is 0 Å². The number of aldehydes is 1. The minimum atomic E-state index is 0.447. The largest absolute Gasteiger partial charge is 0.497 e. The highest BCUT2D eigenvalue weighted by Gasteiger charge is 2.12. The molecule has 0 amide bonds. The fraction of sp³-hybridized carbons (Fsp3) is 0.125. The monoisotopic (exact) mass is 266 g/mol. The van der Waals surface area contributed by atoms with E-state index in [1.54, 1.807) is 7.11 Å². The maximum absolute atomic E-state index is 11.2. The summed E-state index contributed by atoms with van der Waals surface area (Å²) in [6, 6.07) is 11.5. The number of imidazole rings is 1. The lowest BCUT2D eigenvalue weighted by Gasteiger charge is -2.04. The summed E-state index contributed by atoms with van der Waals surface area (Å²) in [7, 11) is 1.63. The molecule has 0 N–H and O–H groups in total. The highest BCUT2D eigenvalue weighted by atomic mass is 16.5. The molecule has 4 nitrogen and oxygen atoms in total. The molecule has 2 aromatic heterocycles. The Morgan fingerprint density at radius 2 is 2.10 bits per heavy atom. The van der Waals surface area contributed by atoms with Crippen LogP contribution in [-0.4, -0.2) is 22.8 Å². The van der Waals surface area contributed by atoms with Crippen molar-refractivity contribution >= 4 is 11.8 Å². The van der Waals surface area contributed by atoms with Crippen LogP contribution in [0, 0.1) is 6.92 Å². The van der Waals surface area contributed by atoms with Crippen LogP contribution in [0.5, 0.6) is 5.75 Å². The van der Waals surface area contributed by atoms with Crippen molar-refractivity contribution in [3.05, 3.63) is 53.9 Å². The molecule has 100 valence electrons. The molecule has 0 spiro atoms. The summed E-state index contributed by atoms with van der Waals surface area (Å²) in [5.41, 5.74) is 3.28. The van der Waals surface area contributed by atoms with E-state index >= 15 is 0 Å². The summed E-state index contributed by atoms with van der Waals surface area (Å²) in [6.45, 7) is 2.01. The summed E-state index contributed by atoms with van der Waals surface area (Å²) in [6.07, 6.45) is 2.76. The molecular formula is C16H14N2O2. The van der Waals surface area contributed by atoms with E-state index < -0.39 is 0 Å². The Hall–Kier alpha value is -2.62. The fourth-order valence-electron chi connectivity index (χ4n) is 2.27. The molecule has 3 aromatic rings. The topological polar surface area (TPSA) is 43.6 Å². The number of nitrogens with zero attached hydrogens (tertiary/aromatic N) is 2. The molecule has 2 heterocycles. The van der Waals surface area contributed by atoms with Gasteiger partial charge in [-0.05, 0) is 30.7 Å². The highest BCUT2D eigenvalue weighted by Crippen LogP contribution is 2.25. The van der Waals surface area contributed by atoms with E-state index in [4.69, 9.17) is 4.74 Å². The van der Waals surface area contributed by atoms with Gasteiger partial charge in [-0.25, -0.2) is 4.98 Å². The van der Waals surface area contributed by atoms with Gasteiger partial charge in [-0.1, -0.05) is 18.2 Å². The Labute approximate surface area is 116 Å². The molecule has 0 aliphatic rings. The predicted octanol–water partition coefficient (Wildman–Crippen LogP) is 3.13. The number of methoxy groups -OCH3 is 1. The minimum Gasteiger partial charge on any atom is -0.497 e. The summed E-state index contributed by atoms with van der Waals surface area (Å²) >= 11 is 0. The first-order valence-corrected chi connectivity index (χ1v) is 6.31. The number of carbonyl (C=O) groups excluding carboxylic acids is 1. The second-order valence-electron chi connectivity index (χ2n) is 4.63. The minimum absolute atomic E-state index is 0.447. The number of aromatic nitrogens is 2. The molecule has 0 aliphatic carbocycles. The quantitative estimate of drug-likeness (QED) is 0.684. The molecule has 0 atom stereocenters. The summed E-state index contributed by atoms with van der Waals surface area (Å²) < 4.78 is 7.18. The van der Waals surface area contributed by atoms with E-state index in [-0.39, 0.29) is 0 Å². The number of benzene rings is 1. The summed E-state index contributed by atoms with van der Waals surface area (Å²) in [4.78, 5) is 15.6. The van der Waals surface area contributed by atoms with Crippen molar-refractivity contribution in [2.45, 2.75) is 6.92 Å². The lowest BCUT2D eigenvalue weighted by Crippen LogP contribution is -1.91. The van der Waals surface area contributed by atoms with Gasteiger partial charge in [0.25, 0.3) is 0 Å². The molecule has 0 aliphatic heterocycles. The van der Waals surface area contributed by atoms with Gasteiger partial charge in [0.2, 0.25) is 0 Å². The van der Waals surface area contributed by atoms with Crippen LogP contribution in [-0.2, 0) is 0 Å². The van der Waals surface area contributed by atoms with Gasteiger partial charge in [0, 0.05) is 11.8 Å². The third kappa shape index (κ3) is 1.95. The van der Waals surface area contributed by atoms with Gasteiger partial charge in [0.1, 0.15) is 17.3 Å². The average Bonchev–Trinajstić information content (AvgIpc) is 2.85. The molecule has 4 heteroatoms. The summed E-state index contributed by atoms with van der Waals surface area (Å²) in [5, 5.41) is 0. The summed E-state index contributed by atoms with van der Waals surface area (Å²) in [5.74, 6) is 1.50. The second kappa shape index (κ2) is 4.81. The van der Waals surface area contributed by atoms with E-state index in [1.165, 1.54) is 0 Å². The standard InChI is InChI=1S/C16H14N2O2/c1-11-6-7-15-14(10-19)17-16(18(15)9-11)12-4-3-5-13(8-12)20-2/h3-10H,1-2H3. The maximum Gasteiger partial charge on any atom is 0.170 e. The molecule has 0 fully saturated rings. The van der Waals surface area contributed by atoms with E-state index in [0.29, 0.717) is 5.69 Å². The molecule has 1 aromatic carbocycles. The zero-order chi connectivity index (χ0) is 14.1. The molecule has 0 bridgehead atoms. The molecule has 20 heavy (non-hydrogen) atoms. The van der Waals surface area contributed by atoms with E-state index in [1.807, 2.05) is 53.9 Å². The van der Waals surface area contributed by atoms with Crippen molar-refractivity contribution in [1.82, 2.24) is 9.38 Å². The van der Waals surface area contributed by atoms with Crippen molar-refractivity contribution in [3.63, 3.8) is 0 Å². The molecule has 0 radical (unpaired) electrons. The Kier molecular flexibility index (Phi) is 2.99. The van der Waals surface area contributed by atoms with Crippen molar-refractivity contribution in [2.24, 2.45) is 0 Å². The lowest BCUT2D eigenvalue weighted by molar-refractivity contribution is 0.112. The van der Waals surface area contributed by atoms with E-state index in [9.17, 15) is 4.79 Å². The van der Waals surface area contributed by atoms with Gasteiger partial charge < -0.3 is 4.74 Å². The number of rotatable bonds is 3. The maximum atomic E-state index is 11.2. The van der Waals surface area contributed by atoms with Gasteiger partial charge in [0.05, 0.1) is 12.6 Å². The van der Waals surface area contributed by atoms with Crippen molar-refractivity contribution in [1.29, 1.82) is 0 Å². The Morgan fingerprint density at radius 3 is 2.85 bits per heavy atom. The van der Waals surface area contributed by atoms with Gasteiger partial charge in [-0.3, -0.25) is 9.20 Å². The second-order valence-corrected chi connectivity index (χ2v) is 4.63. The van der Waals surface area contributed by atoms with Crippen LogP contribution in [0.4, 0.5) is 0 Å². The van der Waals surface area contributed by atoms with Crippen LogP contribution in [0.3, 0.4) is 0 Å². The third-order valence-corrected chi connectivity index (χ3v) is 3.25. The normalized spacial score (nSPS) is 10.7. The first-order chi connectivity index (χ1) is 9.72. The molecular weight excluding hydrogens is 252 g/mol. The molecule has 3 rings (SSSR count). The van der Waals surface area contributed by atoms with Crippen LogP contribution in [0.1, 0.15) is 16.1 Å². The van der Waals surface area contributed by atoms with Gasteiger partial charge in [-0.15, -0.1) is 0 Å². The molecule has 0 saturated carbocycles. The molecule has 0 unspecified atom stereocenters. The SMILES string of the molecule is COc1cccc(-c2nc(C=O)c3ccc(C)cn23)c1. The number of pyridine rings is 1.